The van der Waals surface area contributed by atoms with Crippen molar-refractivity contribution in [3.63, 3.8) is 0 Å². The summed E-state index contributed by atoms with van der Waals surface area (Å²) in [7, 11) is 0. The Hall–Kier alpha value is -1.56. The van der Waals surface area contributed by atoms with Crippen LogP contribution in [0.15, 0.2) is 21.0 Å². The van der Waals surface area contributed by atoms with Crippen molar-refractivity contribution < 1.29 is 9.15 Å². The number of aryl methyl sites for hydroxylation is 2. The van der Waals surface area contributed by atoms with Gasteiger partial charge in [-0.1, -0.05) is 15.9 Å². The van der Waals surface area contributed by atoms with Crippen LogP contribution < -0.4 is 9.64 Å². The van der Waals surface area contributed by atoms with E-state index >= 15 is 0 Å². The van der Waals surface area contributed by atoms with Crippen LogP contribution in [0.4, 0.5) is 5.69 Å². The number of fused-ring (bicyclic) bond motifs is 1. The molecule has 6 heteroatoms. The fraction of sp³-hybridized carbons (Fsp3) is 0.429. The molecule has 1 aromatic carbocycles. The quantitative estimate of drug-likeness (QED) is 0.841. The maximum atomic E-state index is 5.91. The molecule has 2 aromatic rings. The number of ether oxygens (including phenoxy) is 1. The van der Waals surface area contributed by atoms with E-state index in [0.29, 0.717) is 18.3 Å². The summed E-state index contributed by atoms with van der Waals surface area (Å²) in [6.45, 7) is 7.30. The summed E-state index contributed by atoms with van der Waals surface area (Å²) in [4.78, 5) is 2.21. The second-order valence-corrected chi connectivity index (χ2v) is 5.95. The molecule has 5 nitrogen and oxygen atoms in total. The highest BCUT2D eigenvalue weighted by molar-refractivity contribution is 9.10. The molecule has 20 heavy (non-hydrogen) atoms. The average molecular weight is 338 g/mol. The minimum atomic E-state index is 0.132. The lowest BCUT2D eigenvalue weighted by molar-refractivity contribution is 0.210. The van der Waals surface area contributed by atoms with Crippen LogP contribution in [0.2, 0.25) is 0 Å². The van der Waals surface area contributed by atoms with Gasteiger partial charge in [-0.05, 0) is 31.5 Å². The van der Waals surface area contributed by atoms with Gasteiger partial charge in [-0.15, -0.1) is 10.2 Å². The molecule has 0 fully saturated rings. The van der Waals surface area contributed by atoms with Gasteiger partial charge in [0.25, 0.3) is 0 Å². The monoisotopic (exact) mass is 337 g/mol. The molecule has 0 spiro atoms. The van der Waals surface area contributed by atoms with E-state index in [2.05, 4.69) is 57.0 Å². The first-order valence-electron chi connectivity index (χ1n) is 6.53. The number of hydrogen-bond donors (Lipinski definition) is 0. The molecule has 0 aliphatic carbocycles. The third-order valence-corrected chi connectivity index (χ3v) is 4.13. The molecule has 106 valence electrons. The molecular weight excluding hydrogens is 322 g/mol. The lowest BCUT2D eigenvalue weighted by atomic mass is 10.1. The Bertz CT molecular complexity index is 641. The summed E-state index contributed by atoms with van der Waals surface area (Å²) in [5.74, 6) is 2.12. The number of hydrogen-bond acceptors (Lipinski definition) is 5. The zero-order valence-electron chi connectivity index (χ0n) is 11.7. The van der Waals surface area contributed by atoms with E-state index in [4.69, 9.17) is 9.15 Å². The molecule has 3 rings (SSSR count). The van der Waals surface area contributed by atoms with Crippen LogP contribution in [0.5, 0.6) is 5.75 Å². The first-order chi connectivity index (χ1) is 9.52. The number of aromatic nitrogens is 2. The third kappa shape index (κ3) is 2.52. The number of benzene rings is 1. The Morgan fingerprint density at radius 3 is 2.85 bits per heavy atom. The smallest absolute Gasteiger partial charge is 0.235 e. The second kappa shape index (κ2) is 5.09. The van der Waals surface area contributed by atoms with Crippen molar-refractivity contribution in [3.8, 4) is 5.75 Å². The van der Waals surface area contributed by atoms with Gasteiger partial charge in [0.05, 0.1) is 18.8 Å². The normalized spacial score (nSPS) is 17.8. The van der Waals surface area contributed by atoms with Gasteiger partial charge in [0.2, 0.25) is 11.8 Å². The third-order valence-electron chi connectivity index (χ3n) is 3.28. The molecule has 0 saturated carbocycles. The van der Waals surface area contributed by atoms with Gasteiger partial charge >= 0.3 is 0 Å². The molecule has 0 amide bonds. The summed E-state index contributed by atoms with van der Waals surface area (Å²) in [6, 6.07) is 4.14. The first kappa shape index (κ1) is 13.4. The van der Waals surface area contributed by atoms with Crippen molar-refractivity contribution in [2.45, 2.75) is 33.4 Å². The van der Waals surface area contributed by atoms with Gasteiger partial charge in [0.15, 0.2) is 0 Å². The van der Waals surface area contributed by atoms with Crippen molar-refractivity contribution in [2.24, 2.45) is 0 Å². The number of nitrogens with zero attached hydrogens (tertiary/aromatic N) is 3. The first-order valence-corrected chi connectivity index (χ1v) is 7.33. The highest BCUT2D eigenvalue weighted by atomic mass is 79.9. The predicted molar refractivity (Wildman–Crippen MR) is 79.1 cm³/mol. The number of anilines is 1. The molecular formula is C14H16BrN3O2. The van der Waals surface area contributed by atoms with Gasteiger partial charge in [-0.25, -0.2) is 0 Å². The summed E-state index contributed by atoms with van der Waals surface area (Å²) in [5.41, 5.74) is 2.21. The maximum absolute atomic E-state index is 5.91. The highest BCUT2D eigenvalue weighted by Gasteiger charge is 2.25. The molecule has 0 saturated heterocycles. The summed E-state index contributed by atoms with van der Waals surface area (Å²) < 4.78 is 12.5. The maximum Gasteiger partial charge on any atom is 0.235 e. The van der Waals surface area contributed by atoms with E-state index in [-0.39, 0.29) is 6.10 Å². The van der Waals surface area contributed by atoms with E-state index in [1.165, 1.54) is 0 Å². The molecule has 1 aromatic heterocycles. The van der Waals surface area contributed by atoms with Crippen LogP contribution in [0.1, 0.15) is 24.3 Å². The average Bonchev–Trinajstić information content (AvgIpc) is 2.77. The molecule has 0 radical (unpaired) electrons. The molecule has 0 unspecified atom stereocenters. The van der Waals surface area contributed by atoms with Crippen LogP contribution in [-0.4, -0.2) is 22.8 Å². The second-order valence-electron chi connectivity index (χ2n) is 5.09. The predicted octanol–water partition coefficient (Wildman–Crippen LogP) is 3.24. The Balaban J connectivity index is 1.94. The summed E-state index contributed by atoms with van der Waals surface area (Å²) in [6.07, 6.45) is 0.132. The van der Waals surface area contributed by atoms with E-state index in [9.17, 15) is 0 Å². The molecule has 1 aliphatic heterocycles. The van der Waals surface area contributed by atoms with Gasteiger partial charge in [0, 0.05) is 11.4 Å². The largest absolute Gasteiger partial charge is 0.487 e. The number of rotatable bonds is 2. The number of halogens is 1. The van der Waals surface area contributed by atoms with Crippen molar-refractivity contribution in [1.29, 1.82) is 0 Å². The molecule has 1 aliphatic rings. The van der Waals surface area contributed by atoms with Crippen molar-refractivity contribution in [2.75, 3.05) is 11.4 Å². The molecule has 2 heterocycles. The summed E-state index contributed by atoms with van der Waals surface area (Å²) in [5, 5.41) is 7.94. The fourth-order valence-corrected chi connectivity index (χ4v) is 2.69. The Morgan fingerprint density at radius 2 is 2.15 bits per heavy atom. The lowest BCUT2D eigenvalue weighted by Crippen LogP contribution is -2.38. The van der Waals surface area contributed by atoms with E-state index in [1.807, 2.05) is 0 Å². The molecule has 0 N–H and O–H groups in total. The zero-order chi connectivity index (χ0) is 14.3. The highest BCUT2D eigenvalue weighted by Crippen LogP contribution is 2.38. The SMILES string of the molecule is Cc1nnc(CN2C[C@@H](C)Oc3cc(C)c(Br)cc32)o1. The van der Waals surface area contributed by atoms with Crippen molar-refractivity contribution in [1.82, 2.24) is 10.2 Å². The summed E-state index contributed by atoms with van der Waals surface area (Å²) >= 11 is 3.57. The topological polar surface area (TPSA) is 51.4 Å². The van der Waals surface area contributed by atoms with Gasteiger partial charge in [-0.3, -0.25) is 0 Å². The zero-order valence-corrected chi connectivity index (χ0v) is 13.3. The minimum absolute atomic E-state index is 0.132. The van der Waals surface area contributed by atoms with Gasteiger partial charge < -0.3 is 14.1 Å². The Kier molecular flexibility index (Phi) is 3.41. The Labute approximate surface area is 126 Å². The van der Waals surface area contributed by atoms with Gasteiger partial charge in [0.1, 0.15) is 11.9 Å². The van der Waals surface area contributed by atoms with Crippen LogP contribution in [0, 0.1) is 13.8 Å². The van der Waals surface area contributed by atoms with Crippen molar-refractivity contribution >= 4 is 21.6 Å². The van der Waals surface area contributed by atoms with E-state index < -0.39 is 0 Å². The van der Waals surface area contributed by atoms with E-state index in [0.717, 1.165) is 28.0 Å². The fourth-order valence-electron chi connectivity index (χ4n) is 2.36. The lowest BCUT2D eigenvalue weighted by Gasteiger charge is -2.34. The van der Waals surface area contributed by atoms with Crippen LogP contribution >= 0.6 is 15.9 Å². The van der Waals surface area contributed by atoms with E-state index in [1.54, 1.807) is 6.92 Å². The molecule has 0 bridgehead atoms. The van der Waals surface area contributed by atoms with Crippen LogP contribution in [0.25, 0.3) is 0 Å². The van der Waals surface area contributed by atoms with Crippen LogP contribution in [0.3, 0.4) is 0 Å². The van der Waals surface area contributed by atoms with Gasteiger partial charge in [-0.2, -0.15) is 0 Å². The van der Waals surface area contributed by atoms with Crippen molar-refractivity contribution in [3.05, 3.63) is 34.0 Å². The minimum Gasteiger partial charge on any atom is -0.487 e. The standard InChI is InChI=1S/C14H16BrN3O2/c1-8-4-13-12(5-11(8)15)18(6-9(2)19-13)7-14-17-16-10(3)20-14/h4-5,9H,6-7H2,1-3H3/t9-/m1/s1. The van der Waals surface area contributed by atoms with Crippen LogP contribution in [-0.2, 0) is 6.54 Å². The Morgan fingerprint density at radius 1 is 1.35 bits per heavy atom. The molecule has 1 atom stereocenters.